The van der Waals surface area contributed by atoms with Crippen molar-refractivity contribution in [2.45, 2.75) is 15.6 Å². The Labute approximate surface area is 200 Å². The molecule has 2 aromatic carbocycles. The molecule has 12 heteroatoms. The third-order valence-corrected chi connectivity index (χ3v) is 8.76. The van der Waals surface area contributed by atoms with E-state index in [2.05, 4.69) is 14.8 Å². The van der Waals surface area contributed by atoms with Gasteiger partial charge in [-0.2, -0.15) is 0 Å². The van der Waals surface area contributed by atoms with Crippen LogP contribution in [0.15, 0.2) is 98.0 Å². The molecule has 34 heavy (non-hydrogen) atoms. The van der Waals surface area contributed by atoms with Gasteiger partial charge in [0, 0.05) is 5.69 Å². The highest BCUT2D eigenvalue weighted by atomic mass is 32.2. The Balaban J connectivity index is 1.52. The lowest BCUT2D eigenvalue weighted by Crippen LogP contribution is -2.23. The molecule has 0 radical (unpaired) electrons. The molecule has 0 saturated heterocycles. The molecule has 0 aliphatic heterocycles. The number of amides is 1. The molecule has 2 aromatic heterocycles. The van der Waals surface area contributed by atoms with Gasteiger partial charge in [-0.15, -0.1) is 11.3 Å². The summed E-state index contributed by atoms with van der Waals surface area (Å²) in [6.07, 6.45) is 1.44. The van der Waals surface area contributed by atoms with E-state index in [0.29, 0.717) is 5.76 Å². The Kier molecular flexibility index (Phi) is 6.84. The number of rotatable bonds is 9. The maximum Gasteiger partial charge on any atom is 0.271 e. The molecular formula is C22H19N3O6S3. The average Bonchev–Trinajstić information content (AvgIpc) is 3.53. The third-order valence-electron chi connectivity index (χ3n) is 4.59. The van der Waals surface area contributed by atoms with Gasteiger partial charge in [0.1, 0.15) is 9.97 Å². The van der Waals surface area contributed by atoms with Crippen molar-refractivity contribution in [3.05, 3.63) is 95.8 Å². The molecule has 3 N–H and O–H groups in total. The van der Waals surface area contributed by atoms with Crippen molar-refractivity contribution in [2.24, 2.45) is 0 Å². The Morgan fingerprint density at radius 2 is 1.71 bits per heavy atom. The zero-order valence-electron chi connectivity index (χ0n) is 17.5. The quantitative estimate of drug-likeness (QED) is 0.308. The Hall–Kier alpha value is -3.45. The van der Waals surface area contributed by atoms with Crippen LogP contribution in [0.4, 0.5) is 11.4 Å². The van der Waals surface area contributed by atoms with E-state index >= 15 is 0 Å². The van der Waals surface area contributed by atoms with E-state index in [1.54, 1.807) is 35.7 Å². The van der Waals surface area contributed by atoms with Crippen LogP contribution in [0.5, 0.6) is 0 Å². The minimum absolute atomic E-state index is 0.0241. The minimum atomic E-state index is -3.87. The van der Waals surface area contributed by atoms with Crippen LogP contribution in [0.1, 0.15) is 16.1 Å². The average molecular weight is 518 g/mol. The van der Waals surface area contributed by atoms with Gasteiger partial charge in [-0.1, -0.05) is 24.3 Å². The van der Waals surface area contributed by atoms with Crippen LogP contribution < -0.4 is 14.8 Å². The van der Waals surface area contributed by atoms with Gasteiger partial charge in [0.05, 0.1) is 29.0 Å². The monoisotopic (exact) mass is 517 g/mol. The lowest BCUT2D eigenvalue weighted by Gasteiger charge is -2.13. The summed E-state index contributed by atoms with van der Waals surface area (Å²) < 4.78 is 60.5. The number of nitrogens with one attached hydrogen (secondary N) is 3. The Morgan fingerprint density at radius 1 is 0.882 bits per heavy atom. The normalized spacial score (nSPS) is 11.8. The summed E-state index contributed by atoms with van der Waals surface area (Å²) in [4.78, 5) is 12.9. The summed E-state index contributed by atoms with van der Waals surface area (Å²) >= 11 is 1.05. The van der Waals surface area contributed by atoms with E-state index in [-0.39, 0.29) is 32.6 Å². The lowest BCUT2D eigenvalue weighted by molar-refractivity contribution is 0.102. The second-order valence-electron chi connectivity index (χ2n) is 6.97. The summed E-state index contributed by atoms with van der Waals surface area (Å²) in [6, 6.07) is 18.2. The fourth-order valence-corrected chi connectivity index (χ4v) is 6.10. The molecular weight excluding hydrogens is 498 g/mol. The molecule has 0 saturated carbocycles. The van der Waals surface area contributed by atoms with Crippen LogP contribution in [0.25, 0.3) is 0 Å². The first-order valence-electron chi connectivity index (χ1n) is 9.83. The first-order chi connectivity index (χ1) is 16.2. The Morgan fingerprint density at radius 3 is 2.44 bits per heavy atom. The highest BCUT2D eigenvalue weighted by Gasteiger charge is 2.20. The van der Waals surface area contributed by atoms with E-state index < -0.39 is 26.0 Å². The van der Waals surface area contributed by atoms with Gasteiger partial charge >= 0.3 is 0 Å². The molecule has 1 amide bonds. The predicted octanol–water partition coefficient (Wildman–Crippen LogP) is 3.87. The number of carbonyl (C=O) groups excluding carboxylic acids is 1. The van der Waals surface area contributed by atoms with Crippen molar-refractivity contribution in [1.29, 1.82) is 0 Å². The smallest absolute Gasteiger partial charge is 0.271 e. The lowest BCUT2D eigenvalue weighted by atomic mass is 10.1. The van der Waals surface area contributed by atoms with Crippen LogP contribution in [0, 0.1) is 0 Å². The van der Waals surface area contributed by atoms with Gasteiger partial charge in [-0.3, -0.25) is 9.52 Å². The van der Waals surface area contributed by atoms with Crippen molar-refractivity contribution in [3.63, 3.8) is 0 Å². The first kappa shape index (κ1) is 23.7. The number of hydrogen-bond acceptors (Lipinski definition) is 7. The molecule has 0 aliphatic rings. The predicted molar refractivity (Wildman–Crippen MR) is 129 cm³/mol. The highest BCUT2D eigenvalue weighted by Crippen LogP contribution is 2.24. The van der Waals surface area contributed by atoms with Gasteiger partial charge in [-0.25, -0.2) is 21.6 Å². The van der Waals surface area contributed by atoms with Crippen LogP contribution in [0.3, 0.4) is 0 Å². The SMILES string of the molecule is O=C(Nc1cccc(S(=O)(=O)NCc2ccco2)c1)c1ccccc1NS(=O)(=O)c1cccs1. The molecule has 0 atom stereocenters. The molecule has 0 unspecified atom stereocenters. The first-order valence-corrected chi connectivity index (χ1v) is 13.7. The number of para-hydroxylation sites is 1. The molecule has 176 valence electrons. The second-order valence-corrected chi connectivity index (χ2v) is 11.6. The number of furan rings is 1. The summed E-state index contributed by atoms with van der Waals surface area (Å²) in [7, 11) is -7.73. The largest absolute Gasteiger partial charge is 0.468 e. The van der Waals surface area contributed by atoms with Crippen molar-refractivity contribution < 1.29 is 26.0 Å². The van der Waals surface area contributed by atoms with Crippen LogP contribution in [-0.4, -0.2) is 22.7 Å². The summed E-state index contributed by atoms with van der Waals surface area (Å²) in [5.41, 5.74) is 0.394. The number of hydrogen-bond donors (Lipinski definition) is 3. The van der Waals surface area contributed by atoms with Crippen molar-refractivity contribution in [3.8, 4) is 0 Å². The summed E-state index contributed by atoms with van der Waals surface area (Å²) in [5, 5.41) is 4.26. The van der Waals surface area contributed by atoms with Gasteiger partial charge in [-0.05, 0) is 53.9 Å². The van der Waals surface area contributed by atoms with E-state index in [1.165, 1.54) is 48.7 Å². The number of sulfonamides is 2. The zero-order chi connectivity index (χ0) is 24.2. The van der Waals surface area contributed by atoms with Gasteiger partial charge < -0.3 is 9.73 Å². The molecule has 0 spiro atoms. The standard InChI is InChI=1S/C22H19N3O6S3/c26-22(19-9-1-2-10-20(19)25-34(29,30)21-11-5-13-32-21)24-16-6-3-8-18(14-16)33(27,28)23-15-17-7-4-12-31-17/h1-14,23,25H,15H2,(H,24,26). The molecule has 4 rings (SSSR count). The molecule has 4 aromatic rings. The molecule has 9 nitrogen and oxygen atoms in total. The zero-order valence-corrected chi connectivity index (χ0v) is 19.9. The van der Waals surface area contributed by atoms with E-state index in [9.17, 15) is 21.6 Å². The minimum Gasteiger partial charge on any atom is -0.468 e. The summed E-state index contributed by atoms with van der Waals surface area (Å²) in [6.45, 7) is -0.0241. The molecule has 2 heterocycles. The second kappa shape index (κ2) is 9.81. The van der Waals surface area contributed by atoms with Crippen molar-refractivity contribution >= 4 is 48.7 Å². The van der Waals surface area contributed by atoms with Gasteiger partial charge in [0.15, 0.2) is 0 Å². The number of carbonyl (C=O) groups is 1. The maximum absolute atomic E-state index is 12.9. The van der Waals surface area contributed by atoms with Crippen LogP contribution in [-0.2, 0) is 26.6 Å². The van der Waals surface area contributed by atoms with E-state index in [1.807, 2.05) is 0 Å². The van der Waals surface area contributed by atoms with Crippen LogP contribution >= 0.6 is 11.3 Å². The fraction of sp³-hybridized carbons (Fsp3) is 0.0455. The number of anilines is 2. The maximum atomic E-state index is 12.9. The van der Waals surface area contributed by atoms with Crippen molar-refractivity contribution in [2.75, 3.05) is 10.0 Å². The summed E-state index contributed by atoms with van der Waals surface area (Å²) in [5.74, 6) is -0.155. The van der Waals surface area contributed by atoms with Gasteiger partial charge in [0.25, 0.3) is 15.9 Å². The van der Waals surface area contributed by atoms with Crippen molar-refractivity contribution in [1.82, 2.24) is 4.72 Å². The fourth-order valence-electron chi connectivity index (χ4n) is 2.98. The number of benzene rings is 2. The van der Waals surface area contributed by atoms with E-state index in [0.717, 1.165) is 11.3 Å². The van der Waals surface area contributed by atoms with Crippen LogP contribution in [0.2, 0.25) is 0 Å². The topological polar surface area (TPSA) is 135 Å². The Bertz CT molecular complexity index is 1500. The number of thiophene rings is 1. The van der Waals surface area contributed by atoms with E-state index in [4.69, 9.17) is 4.42 Å². The highest BCUT2D eigenvalue weighted by molar-refractivity contribution is 7.94. The molecule has 0 fully saturated rings. The van der Waals surface area contributed by atoms with Gasteiger partial charge in [0.2, 0.25) is 10.0 Å². The molecule has 0 aliphatic carbocycles. The third kappa shape index (κ3) is 5.54. The molecule has 0 bridgehead atoms.